The van der Waals surface area contributed by atoms with E-state index < -0.39 is 0 Å². The van der Waals surface area contributed by atoms with Gasteiger partial charge < -0.3 is 5.73 Å². The lowest BCUT2D eigenvalue weighted by molar-refractivity contribution is 0.0327. The zero-order valence-electron chi connectivity index (χ0n) is 11.5. The third kappa shape index (κ3) is 2.98. The number of likely N-dealkylation sites (N-methyl/N-ethyl adjacent to an activating group) is 1. The van der Waals surface area contributed by atoms with Gasteiger partial charge in [-0.25, -0.2) is 0 Å². The Hall–Kier alpha value is -0.0800. The van der Waals surface area contributed by atoms with E-state index >= 15 is 0 Å². The van der Waals surface area contributed by atoms with Gasteiger partial charge in [0, 0.05) is 12.1 Å². The maximum absolute atomic E-state index is 6.09. The van der Waals surface area contributed by atoms with Crippen LogP contribution < -0.4 is 5.73 Å². The summed E-state index contributed by atoms with van der Waals surface area (Å²) in [5.41, 5.74) is 6.39. The Morgan fingerprint density at radius 3 is 2.62 bits per heavy atom. The van der Waals surface area contributed by atoms with Crippen molar-refractivity contribution in [2.45, 2.75) is 64.3 Å². The van der Waals surface area contributed by atoms with Crippen molar-refractivity contribution in [3.8, 4) is 0 Å². The normalized spacial score (nSPS) is 30.9. The first-order valence-corrected chi connectivity index (χ1v) is 7.08. The molecule has 1 aliphatic rings. The molecule has 0 aromatic heterocycles. The minimum atomic E-state index is 0.298. The van der Waals surface area contributed by atoms with Crippen LogP contribution in [0.3, 0.4) is 0 Å². The van der Waals surface area contributed by atoms with Gasteiger partial charge in [-0.3, -0.25) is 4.90 Å². The van der Waals surface area contributed by atoms with Gasteiger partial charge in [-0.15, -0.1) is 0 Å². The average molecular weight is 226 g/mol. The molecule has 0 radical (unpaired) electrons. The van der Waals surface area contributed by atoms with Crippen LogP contribution in [0.25, 0.3) is 0 Å². The smallest absolute Gasteiger partial charge is 0.0354 e. The fourth-order valence-corrected chi connectivity index (χ4v) is 3.24. The van der Waals surface area contributed by atoms with Crippen molar-refractivity contribution in [1.82, 2.24) is 4.90 Å². The summed E-state index contributed by atoms with van der Waals surface area (Å²) >= 11 is 0. The van der Waals surface area contributed by atoms with Crippen molar-refractivity contribution >= 4 is 0 Å². The summed E-state index contributed by atoms with van der Waals surface area (Å²) in [6.07, 6.45) is 9.38. The van der Waals surface area contributed by atoms with E-state index in [0.29, 0.717) is 5.54 Å². The molecule has 0 heterocycles. The summed E-state index contributed by atoms with van der Waals surface area (Å²) in [4.78, 5) is 2.56. The zero-order valence-corrected chi connectivity index (χ0v) is 11.5. The van der Waals surface area contributed by atoms with Crippen molar-refractivity contribution in [3.05, 3.63) is 0 Å². The quantitative estimate of drug-likeness (QED) is 0.705. The van der Waals surface area contributed by atoms with Crippen molar-refractivity contribution in [1.29, 1.82) is 0 Å². The molecular formula is C14H30N2. The molecule has 16 heavy (non-hydrogen) atoms. The first kappa shape index (κ1) is 14.0. The molecule has 1 fully saturated rings. The molecule has 2 atom stereocenters. The molecular weight excluding hydrogens is 196 g/mol. The van der Waals surface area contributed by atoms with E-state index in [-0.39, 0.29) is 0 Å². The van der Waals surface area contributed by atoms with Crippen LogP contribution in [-0.4, -0.2) is 30.6 Å². The van der Waals surface area contributed by atoms with Gasteiger partial charge in [-0.1, -0.05) is 39.5 Å². The van der Waals surface area contributed by atoms with Gasteiger partial charge in [0.1, 0.15) is 0 Å². The average Bonchev–Trinajstić information content (AvgIpc) is 2.30. The van der Waals surface area contributed by atoms with Crippen LogP contribution in [0.5, 0.6) is 0 Å². The SMILES string of the molecule is CCCCCN(C)C1(CN)CCCCC1C. The molecule has 1 saturated carbocycles. The summed E-state index contributed by atoms with van der Waals surface area (Å²) in [7, 11) is 2.28. The Bertz CT molecular complexity index is 193. The topological polar surface area (TPSA) is 29.3 Å². The number of hydrogen-bond donors (Lipinski definition) is 1. The molecule has 2 unspecified atom stereocenters. The van der Waals surface area contributed by atoms with E-state index in [1.165, 1.54) is 51.5 Å². The van der Waals surface area contributed by atoms with Crippen molar-refractivity contribution in [3.63, 3.8) is 0 Å². The highest BCUT2D eigenvalue weighted by Gasteiger charge is 2.39. The van der Waals surface area contributed by atoms with Gasteiger partial charge in [0.2, 0.25) is 0 Å². The van der Waals surface area contributed by atoms with Crippen LogP contribution >= 0.6 is 0 Å². The van der Waals surface area contributed by atoms with Crippen molar-refractivity contribution in [2.24, 2.45) is 11.7 Å². The number of hydrogen-bond acceptors (Lipinski definition) is 2. The van der Waals surface area contributed by atoms with E-state index in [1.807, 2.05) is 0 Å². The van der Waals surface area contributed by atoms with E-state index in [1.54, 1.807) is 0 Å². The fourth-order valence-electron chi connectivity index (χ4n) is 3.24. The van der Waals surface area contributed by atoms with Crippen LogP contribution in [0, 0.1) is 5.92 Å². The van der Waals surface area contributed by atoms with E-state index in [0.717, 1.165) is 12.5 Å². The predicted octanol–water partition coefficient (Wildman–Crippen LogP) is 3.02. The summed E-state index contributed by atoms with van der Waals surface area (Å²) in [5, 5.41) is 0. The minimum Gasteiger partial charge on any atom is -0.329 e. The van der Waals surface area contributed by atoms with Gasteiger partial charge in [0.25, 0.3) is 0 Å². The Morgan fingerprint density at radius 2 is 2.06 bits per heavy atom. The van der Waals surface area contributed by atoms with Gasteiger partial charge in [0.15, 0.2) is 0 Å². The van der Waals surface area contributed by atoms with Gasteiger partial charge in [0.05, 0.1) is 0 Å². The predicted molar refractivity (Wildman–Crippen MR) is 71.6 cm³/mol. The maximum Gasteiger partial charge on any atom is 0.0354 e. The fraction of sp³-hybridized carbons (Fsp3) is 1.00. The second-order valence-electron chi connectivity index (χ2n) is 5.58. The monoisotopic (exact) mass is 226 g/mol. The van der Waals surface area contributed by atoms with Crippen LogP contribution in [-0.2, 0) is 0 Å². The third-order valence-corrected chi connectivity index (χ3v) is 4.62. The van der Waals surface area contributed by atoms with Crippen LogP contribution in [0.1, 0.15) is 58.8 Å². The molecule has 1 rings (SSSR count). The molecule has 96 valence electrons. The van der Waals surface area contributed by atoms with E-state index in [9.17, 15) is 0 Å². The standard InChI is InChI=1S/C14H30N2/c1-4-5-8-11-16(3)14(12-15)10-7-6-9-13(14)2/h13H,4-12,15H2,1-3H3. The Balaban J connectivity index is 2.55. The molecule has 0 saturated heterocycles. The van der Waals surface area contributed by atoms with E-state index in [2.05, 4.69) is 25.8 Å². The number of nitrogens with zero attached hydrogens (tertiary/aromatic N) is 1. The Morgan fingerprint density at radius 1 is 1.31 bits per heavy atom. The summed E-state index contributed by atoms with van der Waals surface area (Å²) in [6, 6.07) is 0. The highest BCUT2D eigenvalue weighted by atomic mass is 15.2. The highest BCUT2D eigenvalue weighted by Crippen LogP contribution is 2.37. The van der Waals surface area contributed by atoms with Gasteiger partial charge >= 0.3 is 0 Å². The molecule has 2 nitrogen and oxygen atoms in total. The number of unbranched alkanes of at least 4 members (excludes halogenated alkanes) is 2. The minimum absolute atomic E-state index is 0.298. The number of rotatable bonds is 6. The Kier molecular flexibility index (Phi) is 5.77. The zero-order chi connectivity index (χ0) is 12.0. The summed E-state index contributed by atoms with van der Waals surface area (Å²) < 4.78 is 0. The number of nitrogens with two attached hydrogens (primary N) is 1. The molecule has 2 N–H and O–H groups in total. The molecule has 0 bridgehead atoms. The first-order chi connectivity index (χ1) is 7.67. The van der Waals surface area contributed by atoms with Gasteiger partial charge in [-0.05, 0) is 38.8 Å². The third-order valence-electron chi connectivity index (χ3n) is 4.62. The molecule has 0 amide bonds. The van der Waals surface area contributed by atoms with Crippen molar-refractivity contribution < 1.29 is 0 Å². The lowest BCUT2D eigenvalue weighted by atomic mass is 9.72. The molecule has 0 spiro atoms. The van der Waals surface area contributed by atoms with Crippen LogP contribution in [0.4, 0.5) is 0 Å². The second-order valence-corrected chi connectivity index (χ2v) is 5.58. The molecule has 0 aromatic rings. The summed E-state index contributed by atoms with van der Waals surface area (Å²) in [5.74, 6) is 0.762. The maximum atomic E-state index is 6.09. The first-order valence-electron chi connectivity index (χ1n) is 7.08. The largest absolute Gasteiger partial charge is 0.329 e. The van der Waals surface area contributed by atoms with Gasteiger partial charge in [-0.2, -0.15) is 0 Å². The molecule has 2 heteroatoms. The summed E-state index contributed by atoms with van der Waals surface area (Å²) in [6.45, 7) is 6.70. The van der Waals surface area contributed by atoms with Crippen LogP contribution in [0.15, 0.2) is 0 Å². The van der Waals surface area contributed by atoms with Crippen LogP contribution in [0.2, 0.25) is 0 Å². The lowest BCUT2D eigenvalue weighted by Crippen LogP contribution is -2.58. The molecule has 1 aliphatic carbocycles. The Labute approximate surface area is 102 Å². The molecule has 0 aliphatic heterocycles. The van der Waals surface area contributed by atoms with E-state index in [4.69, 9.17) is 5.73 Å². The van der Waals surface area contributed by atoms with Crippen molar-refractivity contribution in [2.75, 3.05) is 20.1 Å². The lowest BCUT2D eigenvalue weighted by Gasteiger charge is -2.48. The highest BCUT2D eigenvalue weighted by molar-refractivity contribution is 4.97. The second kappa shape index (κ2) is 6.61. The molecule has 0 aromatic carbocycles.